The van der Waals surface area contributed by atoms with E-state index < -0.39 is 0 Å². The fourth-order valence-corrected chi connectivity index (χ4v) is 2.03. The van der Waals surface area contributed by atoms with Crippen molar-refractivity contribution < 1.29 is 9.53 Å². The lowest BCUT2D eigenvalue weighted by molar-refractivity contribution is -0.111. The van der Waals surface area contributed by atoms with Gasteiger partial charge in [0.1, 0.15) is 5.75 Å². The van der Waals surface area contributed by atoms with Gasteiger partial charge in [-0.3, -0.25) is 10.1 Å². The van der Waals surface area contributed by atoms with E-state index in [1.54, 1.807) is 12.3 Å². The van der Waals surface area contributed by atoms with E-state index in [0.29, 0.717) is 11.7 Å². The van der Waals surface area contributed by atoms with E-state index in [0.717, 1.165) is 11.3 Å². The Morgan fingerprint density at radius 2 is 2.32 bits per heavy atom. The molecular formula is C14H14N2O2S. The van der Waals surface area contributed by atoms with E-state index >= 15 is 0 Å². The molecule has 5 heteroatoms. The van der Waals surface area contributed by atoms with E-state index in [1.165, 1.54) is 17.4 Å². The molecule has 4 nitrogen and oxygen atoms in total. The number of benzene rings is 1. The number of thiazole rings is 1. The van der Waals surface area contributed by atoms with E-state index in [-0.39, 0.29) is 5.91 Å². The SMILES string of the molecule is CCOc1ccccc1/C=C/C(=O)Nc1nccs1. The molecule has 0 saturated carbocycles. The molecule has 98 valence electrons. The molecule has 1 aromatic heterocycles. The molecule has 0 atom stereocenters. The average Bonchev–Trinajstić information content (AvgIpc) is 2.91. The topological polar surface area (TPSA) is 51.2 Å². The first-order valence-corrected chi connectivity index (χ1v) is 6.78. The summed E-state index contributed by atoms with van der Waals surface area (Å²) in [4.78, 5) is 15.7. The number of carbonyl (C=O) groups excluding carboxylic acids is 1. The second-order valence-electron chi connectivity index (χ2n) is 3.63. The molecule has 1 amide bonds. The summed E-state index contributed by atoms with van der Waals surface area (Å²) in [5, 5.41) is 5.08. The van der Waals surface area contributed by atoms with E-state index in [4.69, 9.17) is 4.74 Å². The largest absolute Gasteiger partial charge is 0.493 e. The van der Waals surface area contributed by atoms with Crippen LogP contribution < -0.4 is 10.1 Å². The maximum atomic E-state index is 11.7. The van der Waals surface area contributed by atoms with Gasteiger partial charge in [0.25, 0.3) is 0 Å². The molecular weight excluding hydrogens is 260 g/mol. The lowest BCUT2D eigenvalue weighted by Crippen LogP contribution is -2.07. The number of amides is 1. The number of para-hydroxylation sites is 1. The van der Waals surface area contributed by atoms with Crippen molar-refractivity contribution >= 4 is 28.5 Å². The fraction of sp³-hybridized carbons (Fsp3) is 0.143. The standard InChI is InChI=1S/C14H14N2O2S/c1-2-18-12-6-4-3-5-11(12)7-8-13(17)16-14-15-9-10-19-14/h3-10H,2H2,1H3,(H,15,16,17)/b8-7+. The molecule has 0 aliphatic heterocycles. The average molecular weight is 274 g/mol. The lowest BCUT2D eigenvalue weighted by atomic mass is 10.2. The Morgan fingerprint density at radius 3 is 3.05 bits per heavy atom. The third-order valence-electron chi connectivity index (χ3n) is 2.30. The maximum Gasteiger partial charge on any atom is 0.250 e. The lowest BCUT2D eigenvalue weighted by Gasteiger charge is -2.06. The summed E-state index contributed by atoms with van der Waals surface area (Å²) in [6.07, 6.45) is 4.85. The third kappa shape index (κ3) is 3.93. The Morgan fingerprint density at radius 1 is 1.47 bits per heavy atom. The quantitative estimate of drug-likeness (QED) is 0.852. The predicted octanol–water partition coefficient (Wildman–Crippen LogP) is 3.19. The number of rotatable bonds is 5. The van der Waals surface area contributed by atoms with Gasteiger partial charge >= 0.3 is 0 Å². The summed E-state index contributed by atoms with van der Waals surface area (Å²) in [6.45, 7) is 2.52. The van der Waals surface area contributed by atoms with Crippen molar-refractivity contribution in [2.45, 2.75) is 6.92 Å². The number of aromatic nitrogens is 1. The monoisotopic (exact) mass is 274 g/mol. The minimum Gasteiger partial charge on any atom is -0.493 e. The zero-order valence-electron chi connectivity index (χ0n) is 10.5. The van der Waals surface area contributed by atoms with Gasteiger partial charge in [-0.15, -0.1) is 11.3 Å². The number of nitrogens with zero attached hydrogens (tertiary/aromatic N) is 1. The van der Waals surface area contributed by atoms with Crippen LogP contribution in [0.15, 0.2) is 41.9 Å². The second-order valence-corrected chi connectivity index (χ2v) is 4.53. The van der Waals surface area contributed by atoms with Gasteiger partial charge < -0.3 is 4.74 Å². The molecule has 0 radical (unpaired) electrons. The molecule has 0 spiro atoms. The molecule has 19 heavy (non-hydrogen) atoms. The zero-order chi connectivity index (χ0) is 13.5. The molecule has 1 heterocycles. The van der Waals surface area contributed by atoms with Crippen LogP contribution in [0.3, 0.4) is 0 Å². The summed E-state index contributed by atoms with van der Waals surface area (Å²) < 4.78 is 5.48. The Kier molecular flexibility index (Phi) is 4.69. The van der Waals surface area contributed by atoms with Gasteiger partial charge in [-0.25, -0.2) is 4.98 Å². The smallest absolute Gasteiger partial charge is 0.250 e. The van der Waals surface area contributed by atoms with Crippen LogP contribution >= 0.6 is 11.3 Å². The predicted molar refractivity (Wildman–Crippen MR) is 77.4 cm³/mol. The Balaban J connectivity index is 2.03. The third-order valence-corrected chi connectivity index (χ3v) is 2.98. The summed E-state index contributed by atoms with van der Waals surface area (Å²) in [7, 11) is 0. The van der Waals surface area contributed by atoms with Crippen LogP contribution in [0.2, 0.25) is 0 Å². The van der Waals surface area contributed by atoms with Gasteiger partial charge in [-0.05, 0) is 19.1 Å². The van der Waals surface area contributed by atoms with Crippen molar-refractivity contribution in [2.24, 2.45) is 0 Å². The van der Waals surface area contributed by atoms with Crippen LogP contribution in [-0.2, 0) is 4.79 Å². The first-order valence-electron chi connectivity index (χ1n) is 5.90. The van der Waals surface area contributed by atoms with E-state index in [2.05, 4.69) is 10.3 Å². The van der Waals surface area contributed by atoms with Crippen molar-refractivity contribution in [1.82, 2.24) is 4.98 Å². The number of anilines is 1. The molecule has 2 aromatic rings. The number of nitrogens with one attached hydrogen (secondary N) is 1. The molecule has 2 rings (SSSR count). The molecule has 0 aliphatic rings. The molecule has 1 aromatic carbocycles. The van der Waals surface area contributed by atoms with Gasteiger partial charge in [0, 0.05) is 23.2 Å². The molecule has 0 unspecified atom stereocenters. The van der Waals surface area contributed by atoms with Gasteiger partial charge in [-0.1, -0.05) is 18.2 Å². The zero-order valence-corrected chi connectivity index (χ0v) is 11.3. The number of carbonyl (C=O) groups is 1. The van der Waals surface area contributed by atoms with Crippen molar-refractivity contribution in [3.63, 3.8) is 0 Å². The first-order chi connectivity index (χ1) is 9.29. The fourth-order valence-electron chi connectivity index (χ4n) is 1.50. The Labute approximate surface area is 115 Å². The summed E-state index contributed by atoms with van der Waals surface area (Å²) in [6, 6.07) is 7.58. The van der Waals surface area contributed by atoms with Crippen LogP contribution in [0, 0.1) is 0 Å². The van der Waals surface area contributed by atoms with Crippen molar-refractivity contribution in [3.8, 4) is 5.75 Å². The number of hydrogen-bond donors (Lipinski definition) is 1. The molecule has 0 saturated heterocycles. The van der Waals surface area contributed by atoms with Crippen LogP contribution in [0.1, 0.15) is 12.5 Å². The molecule has 0 aliphatic carbocycles. The molecule has 1 N–H and O–H groups in total. The van der Waals surface area contributed by atoms with Crippen molar-refractivity contribution in [1.29, 1.82) is 0 Å². The van der Waals surface area contributed by atoms with Crippen LogP contribution in [0.25, 0.3) is 6.08 Å². The number of ether oxygens (including phenoxy) is 1. The highest BCUT2D eigenvalue weighted by Crippen LogP contribution is 2.19. The van der Waals surface area contributed by atoms with Gasteiger partial charge in [0.05, 0.1) is 6.61 Å². The van der Waals surface area contributed by atoms with E-state index in [1.807, 2.05) is 36.6 Å². The van der Waals surface area contributed by atoms with Crippen LogP contribution in [0.4, 0.5) is 5.13 Å². The van der Waals surface area contributed by atoms with Crippen LogP contribution in [0.5, 0.6) is 5.75 Å². The summed E-state index contributed by atoms with van der Waals surface area (Å²) in [5.41, 5.74) is 0.874. The van der Waals surface area contributed by atoms with Gasteiger partial charge in [0.2, 0.25) is 5.91 Å². The Bertz CT molecular complexity index is 565. The minimum atomic E-state index is -0.207. The van der Waals surface area contributed by atoms with Crippen molar-refractivity contribution in [3.05, 3.63) is 47.5 Å². The number of hydrogen-bond acceptors (Lipinski definition) is 4. The highest BCUT2D eigenvalue weighted by atomic mass is 32.1. The second kappa shape index (κ2) is 6.70. The maximum absolute atomic E-state index is 11.7. The Hall–Kier alpha value is -2.14. The normalized spacial score (nSPS) is 10.6. The minimum absolute atomic E-state index is 0.207. The highest BCUT2D eigenvalue weighted by Gasteiger charge is 2.01. The van der Waals surface area contributed by atoms with Crippen LogP contribution in [-0.4, -0.2) is 17.5 Å². The summed E-state index contributed by atoms with van der Waals surface area (Å²) >= 11 is 1.38. The first kappa shape index (κ1) is 13.3. The van der Waals surface area contributed by atoms with Gasteiger partial charge in [0.15, 0.2) is 5.13 Å². The summed E-state index contributed by atoms with van der Waals surface area (Å²) in [5.74, 6) is 0.560. The molecule has 0 bridgehead atoms. The van der Waals surface area contributed by atoms with Crippen molar-refractivity contribution in [2.75, 3.05) is 11.9 Å². The molecule has 0 fully saturated rings. The highest BCUT2D eigenvalue weighted by molar-refractivity contribution is 7.13. The van der Waals surface area contributed by atoms with E-state index in [9.17, 15) is 4.79 Å². The van der Waals surface area contributed by atoms with Gasteiger partial charge in [-0.2, -0.15) is 0 Å².